The molecule has 1 aliphatic heterocycles. The third-order valence-electron chi connectivity index (χ3n) is 4.86. The summed E-state index contributed by atoms with van der Waals surface area (Å²) in [5.41, 5.74) is 5.44. The molecule has 22 heavy (non-hydrogen) atoms. The van der Waals surface area contributed by atoms with E-state index in [0.717, 1.165) is 25.7 Å². The summed E-state index contributed by atoms with van der Waals surface area (Å²) in [6.07, 6.45) is 13.5. The molecule has 1 aromatic rings. The number of nitrogens with zero attached hydrogens (tertiary/aromatic N) is 1. The molecule has 3 heteroatoms. The lowest BCUT2D eigenvalue weighted by Gasteiger charge is -2.30. The van der Waals surface area contributed by atoms with E-state index in [1.807, 2.05) is 0 Å². The number of thioether (sulfide) groups is 1. The van der Waals surface area contributed by atoms with Crippen molar-refractivity contribution in [3.05, 3.63) is 53.1 Å². The number of hydrogen-bond donors (Lipinski definition) is 0. The first-order chi connectivity index (χ1) is 10.8. The van der Waals surface area contributed by atoms with E-state index in [4.69, 9.17) is 0 Å². The predicted octanol–water partition coefficient (Wildman–Crippen LogP) is 4.25. The van der Waals surface area contributed by atoms with Gasteiger partial charge in [-0.2, -0.15) is 0 Å². The number of benzene rings is 1. The van der Waals surface area contributed by atoms with Crippen molar-refractivity contribution in [3.63, 3.8) is 0 Å². The zero-order valence-electron chi connectivity index (χ0n) is 12.8. The molecule has 1 aromatic carbocycles. The number of carbonyl (C=O) groups is 1. The number of aryl methyl sites for hydroxylation is 1. The van der Waals surface area contributed by atoms with Crippen LogP contribution in [0.5, 0.6) is 0 Å². The van der Waals surface area contributed by atoms with E-state index in [0.29, 0.717) is 5.75 Å². The van der Waals surface area contributed by atoms with E-state index in [9.17, 15) is 4.79 Å². The lowest BCUT2D eigenvalue weighted by Crippen LogP contribution is -2.35. The minimum Gasteiger partial charge on any atom is -0.295 e. The van der Waals surface area contributed by atoms with E-state index < -0.39 is 0 Å². The van der Waals surface area contributed by atoms with Gasteiger partial charge in [-0.3, -0.25) is 9.69 Å². The van der Waals surface area contributed by atoms with Crippen LogP contribution >= 0.6 is 11.8 Å². The van der Waals surface area contributed by atoms with Crippen LogP contribution in [0.3, 0.4) is 0 Å². The third-order valence-corrected chi connectivity index (χ3v) is 6.10. The summed E-state index contributed by atoms with van der Waals surface area (Å²) in [6, 6.07) is 6.52. The number of fused-ring (bicyclic) bond motifs is 1. The van der Waals surface area contributed by atoms with Crippen molar-refractivity contribution in [3.8, 4) is 0 Å². The summed E-state index contributed by atoms with van der Waals surface area (Å²) < 4.78 is 0. The zero-order valence-corrected chi connectivity index (χ0v) is 13.6. The van der Waals surface area contributed by atoms with Crippen LogP contribution in [-0.2, 0) is 17.6 Å². The minimum absolute atomic E-state index is 0.200. The molecule has 2 aliphatic carbocycles. The Morgan fingerprint density at radius 2 is 2.05 bits per heavy atom. The number of anilines is 1. The fourth-order valence-corrected chi connectivity index (χ4v) is 5.00. The highest BCUT2D eigenvalue weighted by Gasteiger charge is 2.36. The fourth-order valence-electron chi connectivity index (χ4n) is 3.77. The van der Waals surface area contributed by atoms with Gasteiger partial charge in [0.05, 0.1) is 5.75 Å². The van der Waals surface area contributed by atoms with Crippen molar-refractivity contribution >= 4 is 23.4 Å². The molecule has 4 rings (SSSR count). The highest BCUT2D eigenvalue weighted by atomic mass is 32.2. The molecular formula is C19H21NOS. The van der Waals surface area contributed by atoms with Gasteiger partial charge in [0.1, 0.15) is 5.37 Å². The van der Waals surface area contributed by atoms with E-state index in [-0.39, 0.29) is 11.3 Å². The van der Waals surface area contributed by atoms with Crippen LogP contribution in [0, 0.1) is 0 Å². The summed E-state index contributed by atoms with van der Waals surface area (Å²) in [5, 5.41) is 0.200. The third kappa shape index (κ3) is 2.41. The normalized spacial score (nSPS) is 24.4. The predicted molar refractivity (Wildman–Crippen MR) is 93.3 cm³/mol. The number of rotatable bonds is 2. The summed E-state index contributed by atoms with van der Waals surface area (Å²) in [5.74, 6) is 0.875. The Balaban J connectivity index is 1.75. The van der Waals surface area contributed by atoms with Gasteiger partial charge in [0, 0.05) is 5.69 Å². The molecule has 1 atom stereocenters. The van der Waals surface area contributed by atoms with Gasteiger partial charge in [-0.1, -0.05) is 30.4 Å². The standard InChI is InChI=1S/C19H21NOS/c21-18-13-22-19(15-8-2-1-3-9-15)20(18)17-12-6-10-14-7-4-5-11-16(14)17/h1-2,6,8,10,12,19H,3-5,7,9,11,13H2. The molecular weight excluding hydrogens is 290 g/mol. The van der Waals surface area contributed by atoms with E-state index in [2.05, 4.69) is 41.3 Å². The SMILES string of the molecule is O=C1CSC(C2=CC=CCC2)N1c1cccc2c1CCCC2. The average molecular weight is 311 g/mol. The maximum Gasteiger partial charge on any atom is 0.238 e. The zero-order chi connectivity index (χ0) is 14.9. The molecule has 0 aromatic heterocycles. The molecule has 0 saturated carbocycles. The Morgan fingerprint density at radius 1 is 1.14 bits per heavy atom. The molecule has 0 bridgehead atoms. The van der Waals surface area contributed by atoms with Crippen LogP contribution in [0.4, 0.5) is 5.69 Å². The maximum atomic E-state index is 12.6. The number of allylic oxidation sites excluding steroid dienone is 3. The molecule has 1 fully saturated rings. The molecule has 1 saturated heterocycles. The van der Waals surface area contributed by atoms with Crippen molar-refractivity contribution in [2.75, 3.05) is 10.7 Å². The smallest absolute Gasteiger partial charge is 0.238 e. The number of hydrogen-bond acceptors (Lipinski definition) is 2. The van der Waals surface area contributed by atoms with Gasteiger partial charge in [0.2, 0.25) is 5.91 Å². The minimum atomic E-state index is 0.200. The Kier molecular flexibility index (Phi) is 3.83. The van der Waals surface area contributed by atoms with Crippen molar-refractivity contribution in [2.24, 2.45) is 0 Å². The molecule has 1 heterocycles. The van der Waals surface area contributed by atoms with Crippen LogP contribution in [0.25, 0.3) is 0 Å². The van der Waals surface area contributed by atoms with Crippen LogP contribution in [-0.4, -0.2) is 17.0 Å². The molecule has 1 amide bonds. The number of carbonyl (C=O) groups excluding carboxylic acids is 1. The quantitative estimate of drug-likeness (QED) is 0.814. The lowest BCUT2D eigenvalue weighted by molar-refractivity contribution is -0.115. The molecule has 0 spiro atoms. The summed E-state index contributed by atoms with van der Waals surface area (Å²) in [4.78, 5) is 14.7. The lowest BCUT2D eigenvalue weighted by atomic mass is 9.90. The first kappa shape index (κ1) is 14.1. The highest BCUT2D eigenvalue weighted by molar-refractivity contribution is 8.01. The van der Waals surface area contributed by atoms with Crippen molar-refractivity contribution in [1.82, 2.24) is 0 Å². The summed E-state index contributed by atoms with van der Waals surface area (Å²) in [7, 11) is 0. The van der Waals surface area contributed by atoms with Crippen molar-refractivity contribution in [2.45, 2.75) is 43.9 Å². The highest BCUT2D eigenvalue weighted by Crippen LogP contribution is 2.40. The first-order valence-corrected chi connectivity index (χ1v) is 9.29. The van der Waals surface area contributed by atoms with Gasteiger partial charge in [0.15, 0.2) is 0 Å². The largest absolute Gasteiger partial charge is 0.295 e. The van der Waals surface area contributed by atoms with Crippen molar-refractivity contribution < 1.29 is 4.79 Å². The van der Waals surface area contributed by atoms with Crippen LogP contribution < -0.4 is 4.90 Å². The second-order valence-corrected chi connectivity index (χ2v) is 7.33. The fraction of sp³-hybridized carbons (Fsp3) is 0.421. The van der Waals surface area contributed by atoms with Crippen LogP contribution in [0.15, 0.2) is 42.0 Å². The van der Waals surface area contributed by atoms with E-state index >= 15 is 0 Å². The molecule has 0 N–H and O–H groups in total. The average Bonchev–Trinajstić information content (AvgIpc) is 2.96. The molecule has 1 unspecified atom stereocenters. The topological polar surface area (TPSA) is 20.3 Å². The van der Waals surface area contributed by atoms with Crippen molar-refractivity contribution in [1.29, 1.82) is 0 Å². The maximum absolute atomic E-state index is 12.6. The Bertz CT molecular complexity index is 661. The van der Waals surface area contributed by atoms with Gasteiger partial charge >= 0.3 is 0 Å². The van der Waals surface area contributed by atoms with Gasteiger partial charge in [0.25, 0.3) is 0 Å². The van der Waals surface area contributed by atoms with Crippen LogP contribution in [0.2, 0.25) is 0 Å². The van der Waals surface area contributed by atoms with Gasteiger partial charge in [-0.05, 0) is 61.3 Å². The monoisotopic (exact) mass is 311 g/mol. The van der Waals surface area contributed by atoms with Gasteiger partial charge in [-0.25, -0.2) is 0 Å². The van der Waals surface area contributed by atoms with Gasteiger partial charge < -0.3 is 0 Å². The Labute approximate surface area is 136 Å². The molecule has 2 nitrogen and oxygen atoms in total. The molecule has 0 radical (unpaired) electrons. The number of amides is 1. The molecule has 114 valence electrons. The summed E-state index contributed by atoms with van der Waals surface area (Å²) in [6.45, 7) is 0. The van der Waals surface area contributed by atoms with Crippen LogP contribution in [0.1, 0.15) is 36.8 Å². The second-order valence-electron chi connectivity index (χ2n) is 6.26. The van der Waals surface area contributed by atoms with E-state index in [1.54, 1.807) is 11.8 Å². The summed E-state index contributed by atoms with van der Waals surface area (Å²) >= 11 is 1.78. The van der Waals surface area contributed by atoms with E-state index in [1.165, 1.54) is 35.2 Å². The van der Waals surface area contributed by atoms with Gasteiger partial charge in [-0.15, -0.1) is 11.8 Å². The first-order valence-electron chi connectivity index (χ1n) is 8.24. The Hall–Kier alpha value is -1.48. The molecule has 3 aliphatic rings. The second kappa shape index (κ2) is 5.96. The Morgan fingerprint density at radius 3 is 2.91 bits per heavy atom.